The Hall–Kier alpha value is -1.38. The van der Waals surface area contributed by atoms with Crippen LogP contribution in [-0.2, 0) is 26.0 Å². The molecule has 0 bridgehead atoms. The van der Waals surface area contributed by atoms with E-state index in [1.54, 1.807) is 6.92 Å². The summed E-state index contributed by atoms with van der Waals surface area (Å²) in [5, 5.41) is 5.00. The molecule has 0 aliphatic rings. The van der Waals surface area contributed by atoms with Gasteiger partial charge in [-0.3, -0.25) is 0 Å². The van der Waals surface area contributed by atoms with Gasteiger partial charge in [0.2, 0.25) is 10.0 Å². The third-order valence-corrected chi connectivity index (χ3v) is 3.15. The van der Waals surface area contributed by atoms with Gasteiger partial charge in [0.1, 0.15) is 17.2 Å². The van der Waals surface area contributed by atoms with Crippen LogP contribution in [0.5, 0.6) is 0 Å². The number of carbonyl (C=O) groups excluding carboxylic acids is 1. The predicted molar refractivity (Wildman–Crippen MR) is 63.6 cm³/mol. The van der Waals surface area contributed by atoms with E-state index in [0.29, 0.717) is 6.54 Å². The lowest BCUT2D eigenvalue weighted by atomic mass is 10.4. The number of rotatable bonds is 6. The molecule has 0 aliphatic heterocycles. The van der Waals surface area contributed by atoms with Crippen LogP contribution in [-0.4, -0.2) is 39.3 Å². The van der Waals surface area contributed by atoms with Crippen molar-refractivity contribution in [1.29, 1.82) is 0 Å². The summed E-state index contributed by atoms with van der Waals surface area (Å²) in [6.45, 7) is 2.60. The highest BCUT2D eigenvalue weighted by molar-refractivity contribution is 7.89. The van der Waals surface area contributed by atoms with Crippen LogP contribution in [0.1, 0.15) is 17.4 Å². The Bertz CT molecular complexity index is 520. The van der Waals surface area contributed by atoms with Crippen LogP contribution in [0.4, 0.5) is 0 Å². The third kappa shape index (κ3) is 3.56. The molecule has 0 unspecified atom stereocenters. The minimum absolute atomic E-state index is 0.106. The summed E-state index contributed by atoms with van der Waals surface area (Å²) in [5.74, 6) is -0.608. The van der Waals surface area contributed by atoms with Gasteiger partial charge in [0.25, 0.3) is 0 Å². The molecule has 2 N–H and O–H groups in total. The van der Waals surface area contributed by atoms with Crippen molar-refractivity contribution in [1.82, 2.24) is 4.57 Å². The van der Waals surface area contributed by atoms with Crippen LogP contribution in [0.25, 0.3) is 0 Å². The lowest BCUT2D eigenvalue weighted by molar-refractivity contribution is 0.0376. The number of nitrogens with zero attached hydrogens (tertiary/aromatic N) is 1. The van der Waals surface area contributed by atoms with Gasteiger partial charge in [-0.2, -0.15) is 0 Å². The van der Waals surface area contributed by atoms with Crippen LogP contribution < -0.4 is 5.14 Å². The number of aryl methyl sites for hydroxylation is 1. The number of methoxy groups -OCH3 is 1. The number of primary sulfonamides is 1. The van der Waals surface area contributed by atoms with E-state index in [4.69, 9.17) is 14.6 Å². The predicted octanol–water partition coefficient (Wildman–Crippen LogP) is -0.0414. The number of carbonyl (C=O) groups is 1. The van der Waals surface area contributed by atoms with Crippen LogP contribution in [0.2, 0.25) is 0 Å². The van der Waals surface area contributed by atoms with Crippen molar-refractivity contribution in [3.8, 4) is 0 Å². The molecule has 7 nitrogen and oxygen atoms in total. The quantitative estimate of drug-likeness (QED) is 0.580. The van der Waals surface area contributed by atoms with Crippen molar-refractivity contribution in [3.63, 3.8) is 0 Å². The van der Waals surface area contributed by atoms with Crippen molar-refractivity contribution >= 4 is 16.0 Å². The molecule has 0 spiro atoms. The van der Waals surface area contributed by atoms with E-state index in [0.717, 1.165) is 0 Å². The summed E-state index contributed by atoms with van der Waals surface area (Å²) in [6, 6.07) is 1.20. The smallest absolute Gasteiger partial charge is 0.355 e. The Balaban J connectivity index is 2.94. The van der Waals surface area contributed by atoms with Crippen LogP contribution in [0, 0.1) is 0 Å². The van der Waals surface area contributed by atoms with E-state index in [-0.39, 0.29) is 23.8 Å². The molecule has 1 aromatic rings. The van der Waals surface area contributed by atoms with Crippen molar-refractivity contribution in [2.45, 2.75) is 18.4 Å². The molecule has 0 amide bonds. The minimum Gasteiger partial charge on any atom is -0.459 e. The van der Waals surface area contributed by atoms with E-state index in [1.165, 1.54) is 23.9 Å². The van der Waals surface area contributed by atoms with Gasteiger partial charge in [-0.1, -0.05) is 0 Å². The molecule has 0 saturated carbocycles. The van der Waals surface area contributed by atoms with Crippen molar-refractivity contribution in [2.24, 2.45) is 5.14 Å². The van der Waals surface area contributed by atoms with Crippen molar-refractivity contribution < 1.29 is 22.7 Å². The fourth-order valence-corrected chi connectivity index (χ4v) is 1.91. The first-order valence-corrected chi connectivity index (χ1v) is 6.83. The van der Waals surface area contributed by atoms with E-state index in [2.05, 4.69) is 0 Å². The third-order valence-electron chi connectivity index (χ3n) is 2.27. The molecular weight excluding hydrogens is 260 g/mol. The lowest BCUT2D eigenvalue weighted by Crippen LogP contribution is -2.13. The van der Waals surface area contributed by atoms with E-state index in [1.807, 2.05) is 0 Å². The topological polar surface area (TPSA) is 101 Å². The largest absolute Gasteiger partial charge is 0.459 e. The van der Waals surface area contributed by atoms with Gasteiger partial charge in [0.15, 0.2) is 0 Å². The molecule has 0 aliphatic carbocycles. The standard InChI is InChI=1S/C10H16N2O5S/c1-3-12-7-8(18(11,14)15)6-9(12)10(13)17-5-4-16-2/h6-7H,3-5H2,1-2H3,(H2,11,14,15). The summed E-state index contributed by atoms with van der Waals surface area (Å²) in [6.07, 6.45) is 1.31. The van der Waals surface area contributed by atoms with Crippen LogP contribution in [0.3, 0.4) is 0 Å². The van der Waals surface area contributed by atoms with E-state index < -0.39 is 16.0 Å². The van der Waals surface area contributed by atoms with Gasteiger partial charge in [0.05, 0.1) is 6.61 Å². The monoisotopic (exact) mass is 276 g/mol. The maximum absolute atomic E-state index is 11.7. The molecule has 0 fully saturated rings. The highest BCUT2D eigenvalue weighted by atomic mass is 32.2. The highest BCUT2D eigenvalue weighted by Gasteiger charge is 2.19. The fourth-order valence-electron chi connectivity index (χ4n) is 1.36. The van der Waals surface area contributed by atoms with E-state index >= 15 is 0 Å². The second-order valence-electron chi connectivity index (χ2n) is 3.52. The number of hydrogen-bond donors (Lipinski definition) is 1. The second-order valence-corrected chi connectivity index (χ2v) is 5.08. The molecule has 1 aromatic heterocycles. The Morgan fingerprint density at radius 2 is 2.11 bits per heavy atom. The van der Waals surface area contributed by atoms with Gasteiger partial charge in [0, 0.05) is 19.9 Å². The number of sulfonamides is 1. The highest BCUT2D eigenvalue weighted by Crippen LogP contribution is 2.14. The SMILES string of the molecule is CCn1cc(S(N)(=O)=O)cc1C(=O)OCCOC. The lowest BCUT2D eigenvalue weighted by Gasteiger charge is -2.06. The molecule has 8 heteroatoms. The van der Waals surface area contributed by atoms with Gasteiger partial charge in [-0.25, -0.2) is 18.4 Å². The summed E-state index contributed by atoms with van der Waals surface area (Å²) in [5.41, 5.74) is 0.151. The molecule has 102 valence electrons. The number of aromatic nitrogens is 1. The first-order chi connectivity index (χ1) is 8.40. The average molecular weight is 276 g/mol. The second kappa shape index (κ2) is 5.98. The summed E-state index contributed by atoms with van der Waals surface area (Å²) in [7, 11) is -2.34. The Morgan fingerprint density at radius 1 is 1.44 bits per heavy atom. The zero-order valence-electron chi connectivity index (χ0n) is 10.3. The van der Waals surface area contributed by atoms with Gasteiger partial charge in [-0.05, 0) is 13.0 Å². The van der Waals surface area contributed by atoms with E-state index in [9.17, 15) is 13.2 Å². The molecule has 0 radical (unpaired) electrons. The van der Waals surface area contributed by atoms with Crippen LogP contribution in [0.15, 0.2) is 17.2 Å². The first kappa shape index (κ1) is 14.7. The number of ether oxygens (including phenoxy) is 2. The van der Waals surface area contributed by atoms with Gasteiger partial charge < -0.3 is 14.0 Å². The Kier molecular flexibility index (Phi) is 4.88. The Labute approximate surface area is 106 Å². The number of nitrogens with two attached hydrogens (primary N) is 1. The number of hydrogen-bond acceptors (Lipinski definition) is 5. The normalized spacial score (nSPS) is 11.5. The maximum Gasteiger partial charge on any atom is 0.355 e. The first-order valence-electron chi connectivity index (χ1n) is 5.29. The van der Waals surface area contributed by atoms with Gasteiger partial charge in [-0.15, -0.1) is 0 Å². The summed E-state index contributed by atoms with van der Waals surface area (Å²) < 4.78 is 33.5. The fraction of sp³-hybridized carbons (Fsp3) is 0.500. The molecule has 18 heavy (non-hydrogen) atoms. The zero-order valence-corrected chi connectivity index (χ0v) is 11.1. The summed E-state index contributed by atoms with van der Waals surface area (Å²) in [4.78, 5) is 11.6. The van der Waals surface area contributed by atoms with Crippen LogP contribution >= 0.6 is 0 Å². The number of esters is 1. The Morgan fingerprint density at radius 3 is 2.61 bits per heavy atom. The molecule has 1 rings (SSSR count). The molecule has 0 aromatic carbocycles. The molecule has 0 saturated heterocycles. The molecular formula is C10H16N2O5S. The van der Waals surface area contributed by atoms with Crippen molar-refractivity contribution in [2.75, 3.05) is 20.3 Å². The summed E-state index contributed by atoms with van der Waals surface area (Å²) >= 11 is 0. The molecule has 0 atom stereocenters. The zero-order chi connectivity index (χ0) is 13.8. The minimum atomic E-state index is -3.83. The maximum atomic E-state index is 11.7. The average Bonchev–Trinajstić information content (AvgIpc) is 2.72. The van der Waals surface area contributed by atoms with Crippen molar-refractivity contribution in [3.05, 3.63) is 18.0 Å². The van der Waals surface area contributed by atoms with Gasteiger partial charge >= 0.3 is 5.97 Å². The molecule has 1 heterocycles.